The first-order valence-corrected chi connectivity index (χ1v) is 5.80. The molecule has 0 spiro atoms. The number of aliphatic hydroxyl groups is 1. The SMILES string of the molecule is CNC(=O)/C=C/C(C)(C)N1CCC(O)CC1. The van der Waals surface area contributed by atoms with Crippen molar-refractivity contribution in [3.05, 3.63) is 12.2 Å². The molecule has 0 atom stereocenters. The molecular formula is C12H22N2O2. The predicted octanol–water partition coefficient (Wildman–Crippen LogP) is 0.524. The number of nitrogens with one attached hydrogen (secondary N) is 1. The van der Waals surface area contributed by atoms with E-state index in [4.69, 9.17) is 0 Å². The lowest BCUT2D eigenvalue weighted by Gasteiger charge is -2.40. The van der Waals surface area contributed by atoms with Gasteiger partial charge in [-0.25, -0.2) is 0 Å². The second-order valence-electron chi connectivity index (χ2n) is 4.82. The zero-order chi connectivity index (χ0) is 12.2. The zero-order valence-electron chi connectivity index (χ0n) is 10.4. The van der Waals surface area contributed by atoms with E-state index in [0.717, 1.165) is 25.9 Å². The molecule has 4 heteroatoms. The van der Waals surface area contributed by atoms with Crippen LogP contribution >= 0.6 is 0 Å². The molecule has 1 rings (SSSR count). The summed E-state index contributed by atoms with van der Waals surface area (Å²) in [5.41, 5.74) is -0.132. The molecule has 1 aliphatic heterocycles. The van der Waals surface area contributed by atoms with E-state index >= 15 is 0 Å². The molecule has 4 nitrogen and oxygen atoms in total. The highest BCUT2D eigenvalue weighted by Gasteiger charge is 2.27. The van der Waals surface area contributed by atoms with E-state index in [2.05, 4.69) is 24.1 Å². The number of carbonyl (C=O) groups is 1. The van der Waals surface area contributed by atoms with Gasteiger partial charge in [-0.05, 0) is 26.7 Å². The van der Waals surface area contributed by atoms with Crippen LogP contribution in [0.1, 0.15) is 26.7 Å². The van der Waals surface area contributed by atoms with Crippen molar-refractivity contribution in [3.8, 4) is 0 Å². The Morgan fingerprint density at radius 3 is 2.50 bits per heavy atom. The largest absolute Gasteiger partial charge is 0.393 e. The second kappa shape index (κ2) is 5.46. The van der Waals surface area contributed by atoms with Crippen LogP contribution in [0.3, 0.4) is 0 Å². The topological polar surface area (TPSA) is 52.6 Å². The molecule has 0 saturated carbocycles. The van der Waals surface area contributed by atoms with Crippen molar-refractivity contribution in [3.63, 3.8) is 0 Å². The Morgan fingerprint density at radius 1 is 1.44 bits per heavy atom. The van der Waals surface area contributed by atoms with E-state index in [1.54, 1.807) is 13.1 Å². The van der Waals surface area contributed by atoms with Crippen molar-refractivity contribution >= 4 is 5.91 Å². The highest BCUT2D eigenvalue weighted by Crippen LogP contribution is 2.21. The van der Waals surface area contributed by atoms with Crippen molar-refractivity contribution in [2.75, 3.05) is 20.1 Å². The van der Waals surface area contributed by atoms with Crippen LogP contribution in [-0.4, -0.2) is 47.7 Å². The van der Waals surface area contributed by atoms with Gasteiger partial charge >= 0.3 is 0 Å². The van der Waals surface area contributed by atoms with Gasteiger partial charge in [0.25, 0.3) is 0 Å². The molecule has 0 unspecified atom stereocenters. The Morgan fingerprint density at radius 2 is 2.00 bits per heavy atom. The van der Waals surface area contributed by atoms with Crippen LogP contribution in [0.25, 0.3) is 0 Å². The number of hydrogen-bond donors (Lipinski definition) is 2. The first-order chi connectivity index (χ1) is 7.45. The van der Waals surface area contributed by atoms with E-state index in [1.165, 1.54) is 0 Å². The third kappa shape index (κ3) is 3.61. The summed E-state index contributed by atoms with van der Waals surface area (Å²) in [4.78, 5) is 13.4. The predicted molar refractivity (Wildman–Crippen MR) is 64.1 cm³/mol. The van der Waals surface area contributed by atoms with Crippen molar-refractivity contribution in [1.82, 2.24) is 10.2 Å². The Bertz CT molecular complexity index is 266. The minimum atomic E-state index is -0.157. The molecule has 1 aliphatic rings. The summed E-state index contributed by atoms with van der Waals surface area (Å²) in [7, 11) is 1.62. The Hall–Kier alpha value is -0.870. The lowest BCUT2D eigenvalue weighted by atomic mass is 9.97. The first-order valence-electron chi connectivity index (χ1n) is 5.80. The normalized spacial score (nSPS) is 20.2. The number of likely N-dealkylation sites (tertiary alicyclic amines) is 1. The summed E-state index contributed by atoms with van der Waals surface area (Å²) < 4.78 is 0. The fourth-order valence-corrected chi connectivity index (χ4v) is 1.91. The molecule has 1 amide bonds. The Balaban J connectivity index is 2.56. The molecule has 16 heavy (non-hydrogen) atoms. The quantitative estimate of drug-likeness (QED) is 0.690. The van der Waals surface area contributed by atoms with E-state index in [0.29, 0.717) is 0 Å². The minimum absolute atomic E-state index is 0.0786. The van der Waals surface area contributed by atoms with Gasteiger partial charge in [-0.15, -0.1) is 0 Å². The maximum Gasteiger partial charge on any atom is 0.243 e. The molecular weight excluding hydrogens is 204 g/mol. The summed E-state index contributed by atoms with van der Waals surface area (Å²) in [5.74, 6) is -0.0786. The molecule has 0 aliphatic carbocycles. The fraction of sp³-hybridized carbons (Fsp3) is 0.750. The van der Waals surface area contributed by atoms with Gasteiger partial charge in [-0.1, -0.05) is 6.08 Å². The number of amides is 1. The molecule has 0 aromatic heterocycles. The van der Waals surface area contributed by atoms with Crippen LogP contribution in [0.2, 0.25) is 0 Å². The van der Waals surface area contributed by atoms with Gasteiger partial charge in [0.2, 0.25) is 5.91 Å². The van der Waals surface area contributed by atoms with E-state index in [9.17, 15) is 9.90 Å². The molecule has 1 fully saturated rings. The number of nitrogens with zero attached hydrogens (tertiary/aromatic N) is 1. The van der Waals surface area contributed by atoms with Crippen molar-refractivity contribution in [1.29, 1.82) is 0 Å². The number of hydrogen-bond acceptors (Lipinski definition) is 3. The standard InChI is InChI=1S/C12H22N2O2/c1-12(2,7-4-11(16)13-3)14-8-5-10(15)6-9-14/h4,7,10,15H,5-6,8-9H2,1-3H3,(H,13,16)/b7-4+. The summed E-state index contributed by atoms with van der Waals surface area (Å²) >= 11 is 0. The highest BCUT2D eigenvalue weighted by atomic mass is 16.3. The second-order valence-corrected chi connectivity index (χ2v) is 4.82. The van der Waals surface area contributed by atoms with Crippen LogP contribution in [-0.2, 0) is 4.79 Å². The zero-order valence-corrected chi connectivity index (χ0v) is 10.4. The molecule has 2 N–H and O–H groups in total. The maximum absolute atomic E-state index is 11.1. The summed E-state index contributed by atoms with van der Waals surface area (Å²) in [6.07, 6.45) is 4.97. The van der Waals surface area contributed by atoms with Gasteiger partial charge in [-0.2, -0.15) is 0 Å². The minimum Gasteiger partial charge on any atom is -0.393 e. The number of rotatable bonds is 3. The summed E-state index contributed by atoms with van der Waals surface area (Å²) in [6.45, 7) is 5.94. The average Bonchev–Trinajstić information content (AvgIpc) is 2.26. The molecule has 1 saturated heterocycles. The van der Waals surface area contributed by atoms with Crippen molar-refractivity contribution in [2.45, 2.75) is 38.3 Å². The van der Waals surface area contributed by atoms with Crippen LogP contribution in [0.5, 0.6) is 0 Å². The van der Waals surface area contributed by atoms with Gasteiger partial charge in [-0.3, -0.25) is 9.69 Å². The van der Waals surface area contributed by atoms with Crippen LogP contribution < -0.4 is 5.32 Å². The monoisotopic (exact) mass is 226 g/mol. The summed E-state index contributed by atoms with van der Waals surface area (Å²) in [5, 5.41) is 12.0. The Kier molecular flexibility index (Phi) is 4.50. The molecule has 0 radical (unpaired) electrons. The van der Waals surface area contributed by atoms with E-state index in [-0.39, 0.29) is 17.6 Å². The highest BCUT2D eigenvalue weighted by molar-refractivity contribution is 5.87. The van der Waals surface area contributed by atoms with Crippen LogP contribution in [0, 0.1) is 0 Å². The van der Waals surface area contributed by atoms with E-state index < -0.39 is 0 Å². The lowest BCUT2D eigenvalue weighted by molar-refractivity contribution is -0.116. The van der Waals surface area contributed by atoms with Gasteiger partial charge in [0.15, 0.2) is 0 Å². The molecule has 1 heterocycles. The maximum atomic E-state index is 11.1. The van der Waals surface area contributed by atoms with Gasteiger partial charge in [0, 0.05) is 31.8 Å². The molecule has 92 valence electrons. The van der Waals surface area contributed by atoms with Crippen LogP contribution in [0.15, 0.2) is 12.2 Å². The number of likely N-dealkylation sites (N-methyl/N-ethyl adjacent to an activating group) is 1. The van der Waals surface area contributed by atoms with Crippen LogP contribution in [0.4, 0.5) is 0 Å². The Labute approximate surface area is 97.3 Å². The van der Waals surface area contributed by atoms with Crippen molar-refractivity contribution in [2.24, 2.45) is 0 Å². The fourth-order valence-electron chi connectivity index (χ4n) is 1.91. The number of carbonyl (C=O) groups excluding carboxylic acids is 1. The number of aliphatic hydroxyl groups excluding tert-OH is 1. The number of piperidine rings is 1. The third-order valence-corrected chi connectivity index (χ3v) is 3.17. The van der Waals surface area contributed by atoms with Gasteiger partial charge < -0.3 is 10.4 Å². The van der Waals surface area contributed by atoms with Crippen molar-refractivity contribution < 1.29 is 9.90 Å². The van der Waals surface area contributed by atoms with Gasteiger partial charge in [0.05, 0.1) is 6.10 Å². The smallest absolute Gasteiger partial charge is 0.243 e. The van der Waals surface area contributed by atoms with Gasteiger partial charge in [0.1, 0.15) is 0 Å². The lowest BCUT2D eigenvalue weighted by Crippen LogP contribution is -2.48. The average molecular weight is 226 g/mol. The molecule has 0 aromatic carbocycles. The van der Waals surface area contributed by atoms with E-state index in [1.807, 2.05) is 6.08 Å². The first kappa shape index (κ1) is 13.2. The summed E-state index contributed by atoms with van der Waals surface area (Å²) in [6, 6.07) is 0. The third-order valence-electron chi connectivity index (χ3n) is 3.17. The molecule has 0 bridgehead atoms. The molecule has 0 aromatic rings.